The van der Waals surface area contributed by atoms with E-state index in [1.807, 2.05) is 6.92 Å². The summed E-state index contributed by atoms with van der Waals surface area (Å²) < 4.78 is 6.92. The van der Waals surface area contributed by atoms with Crippen LogP contribution in [-0.2, 0) is 4.74 Å². The number of benzene rings is 1. The van der Waals surface area contributed by atoms with Gasteiger partial charge in [0.25, 0.3) is 0 Å². The van der Waals surface area contributed by atoms with Crippen molar-refractivity contribution in [3.8, 4) is 5.69 Å². The lowest BCUT2D eigenvalue weighted by atomic mass is 9.93. The molecule has 0 radical (unpaired) electrons. The molecule has 1 aliphatic heterocycles. The van der Waals surface area contributed by atoms with E-state index >= 15 is 0 Å². The van der Waals surface area contributed by atoms with Crippen molar-refractivity contribution in [2.24, 2.45) is 0 Å². The topological polar surface area (TPSA) is 68.2 Å². The van der Waals surface area contributed by atoms with Crippen molar-refractivity contribution in [2.75, 3.05) is 18.5 Å². The molecule has 2 N–H and O–H groups in total. The van der Waals surface area contributed by atoms with Crippen LogP contribution < -0.4 is 10.6 Å². The van der Waals surface area contributed by atoms with E-state index in [4.69, 9.17) is 27.9 Å². The normalized spacial score (nSPS) is 16.6. The fourth-order valence-electron chi connectivity index (χ4n) is 2.56. The Labute approximate surface area is 150 Å². The zero-order chi connectivity index (χ0) is 17.2. The van der Waals surface area contributed by atoms with Gasteiger partial charge in [-0.1, -0.05) is 23.2 Å². The number of halogens is 2. The number of ether oxygens (including phenoxy) is 1. The molecular weight excluding hydrogens is 351 g/mol. The molecule has 2 aromatic rings. The molecule has 0 unspecified atom stereocenters. The van der Waals surface area contributed by atoms with Crippen LogP contribution in [0.25, 0.3) is 5.69 Å². The number of amides is 2. The third-order valence-corrected chi connectivity index (χ3v) is 4.54. The lowest BCUT2D eigenvalue weighted by Gasteiger charge is -2.34. The predicted molar refractivity (Wildman–Crippen MR) is 94.2 cm³/mol. The number of urea groups is 1. The first-order chi connectivity index (χ1) is 11.5. The van der Waals surface area contributed by atoms with Crippen molar-refractivity contribution < 1.29 is 9.53 Å². The second kappa shape index (κ2) is 7.01. The zero-order valence-corrected chi connectivity index (χ0v) is 14.7. The standard InChI is InChI=1S/C16H18Cl2N4O2/c1-16(5-8-24-9-6-16)20-15(23)19-14-4-7-22(21-14)13-3-2-11(17)10-12(13)18/h2-4,7,10H,5-6,8-9H2,1H3,(H2,19,20,21,23). The van der Waals surface area contributed by atoms with Gasteiger partial charge < -0.3 is 10.1 Å². The SMILES string of the molecule is CC1(NC(=O)Nc2ccn(-c3ccc(Cl)cc3Cl)n2)CCOCC1. The number of hydrogen-bond acceptors (Lipinski definition) is 3. The second-order valence-electron chi connectivity index (χ2n) is 5.99. The highest BCUT2D eigenvalue weighted by atomic mass is 35.5. The van der Waals surface area contributed by atoms with Gasteiger partial charge in [0.1, 0.15) is 0 Å². The second-order valence-corrected chi connectivity index (χ2v) is 6.84. The van der Waals surface area contributed by atoms with Gasteiger partial charge in [0.15, 0.2) is 5.82 Å². The van der Waals surface area contributed by atoms with Crippen molar-refractivity contribution in [2.45, 2.75) is 25.3 Å². The summed E-state index contributed by atoms with van der Waals surface area (Å²) in [7, 11) is 0. The molecule has 2 amide bonds. The quantitative estimate of drug-likeness (QED) is 0.863. The Hall–Kier alpha value is -1.76. The average molecular weight is 369 g/mol. The molecule has 1 aromatic carbocycles. The molecule has 1 aromatic heterocycles. The maximum atomic E-state index is 12.2. The Balaban J connectivity index is 1.66. The summed E-state index contributed by atoms with van der Waals surface area (Å²) in [4.78, 5) is 12.2. The first kappa shape index (κ1) is 17.1. The number of nitrogens with zero attached hydrogens (tertiary/aromatic N) is 2. The number of anilines is 1. The van der Waals surface area contributed by atoms with E-state index in [2.05, 4.69) is 15.7 Å². The minimum atomic E-state index is -0.285. The molecule has 0 aliphatic carbocycles. The van der Waals surface area contributed by atoms with E-state index < -0.39 is 0 Å². The van der Waals surface area contributed by atoms with Crippen LogP contribution in [0.4, 0.5) is 10.6 Å². The highest BCUT2D eigenvalue weighted by Gasteiger charge is 2.29. The minimum absolute atomic E-state index is 0.260. The summed E-state index contributed by atoms with van der Waals surface area (Å²) in [5.74, 6) is 0.439. The number of nitrogens with one attached hydrogen (secondary N) is 2. The summed E-state index contributed by atoms with van der Waals surface area (Å²) in [5, 5.41) is 11.1. The summed E-state index contributed by atoms with van der Waals surface area (Å²) in [5.41, 5.74) is 0.426. The monoisotopic (exact) mass is 368 g/mol. The fourth-order valence-corrected chi connectivity index (χ4v) is 3.06. The Morgan fingerprint density at radius 1 is 1.29 bits per heavy atom. The Bertz CT molecular complexity index is 741. The zero-order valence-electron chi connectivity index (χ0n) is 13.2. The van der Waals surface area contributed by atoms with Gasteiger partial charge in [-0.2, -0.15) is 0 Å². The van der Waals surface area contributed by atoms with Gasteiger partial charge in [-0.25, -0.2) is 9.48 Å². The summed E-state index contributed by atoms with van der Waals surface area (Å²) >= 11 is 12.1. The Morgan fingerprint density at radius 3 is 2.75 bits per heavy atom. The highest BCUT2D eigenvalue weighted by molar-refractivity contribution is 6.35. The Kier molecular flexibility index (Phi) is 4.99. The van der Waals surface area contributed by atoms with E-state index in [1.165, 1.54) is 0 Å². The highest BCUT2D eigenvalue weighted by Crippen LogP contribution is 2.24. The van der Waals surface area contributed by atoms with Gasteiger partial charge in [-0.05, 0) is 38.0 Å². The van der Waals surface area contributed by atoms with E-state index in [9.17, 15) is 4.79 Å². The molecule has 0 saturated carbocycles. The first-order valence-electron chi connectivity index (χ1n) is 7.63. The number of aromatic nitrogens is 2. The van der Waals surface area contributed by atoms with Crippen LogP contribution in [0.2, 0.25) is 10.0 Å². The largest absolute Gasteiger partial charge is 0.381 e. The molecule has 1 aliphatic rings. The van der Waals surface area contributed by atoms with Crippen LogP contribution in [0.1, 0.15) is 19.8 Å². The van der Waals surface area contributed by atoms with Crippen molar-refractivity contribution >= 4 is 35.1 Å². The number of rotatable bonds is 3. The molecule has 1 saturated heterocycles. The molecule has 8 heteroatoms. The van der Waals surface area contributed by atoms with Crippen LogP contribution >= 0.6 is 23.2 Å². The van der Waals surface area contributed by atoms with Crippen molar-refractivity contribution in [1.29, 1.82) is 0 Å². The maximum absolute atomic E-state index is 12.2. The average Bonchev–Trinajstić information content (AvgIpc) is 2.95. The molecule has 1 fully saturated rings. The molecule has 128 valence electrons. The summed E-state index contributed by atoms with van der Waals surface area (Å²) in [6.07, 6.45) is 3.30. The van der Waals surface area contributed by atoms with Crippen molar-refractivity contribution in [1.82, 2.24) is 15.1 Å². The van der Waals surface area contributed by atoms with Gasteiger partial charge in [-0.15, -0.1) is 5.10 Å². The summed E-state index contributed by atoms with van der Waals surface area (Å²) in [6.45, 7) is 3.32. The molecule has 0 atom stereocenters. The third-order valence-electron chi connectivity index (χ3n) is 4.00. The Morgan fingerprint density at radius 2 is 2.04 bits per heavy atom. The fraction of sp³-hybridized carbons (Fsp3) is 0.375. The van der Waals surface area contributed by atoms with Gasteiger partial charge in [0.05, 0.1) is 10.7 Å². The van der Waals surface area contributed by atoms with Gasteiger partial charge in [-0.3, -0.25) is 5.32 Å². The van der Waals surface area contributed by atoms with Crippen molar-refractivity contribution in [3.05, 3.63) is 40.5 Å². The molecule has 3 rings (SSSR count). The van der Waals surface area contributed by atoms with E-state index in [-0.39, 0.29) is 11.6 Å². The van der Waals surface area contributed by atoms with Crippen LogP contribution in [0, 0.1) is 0 Å². The predicted octanol–water partition coefficient (Wildman–Crippen LogP) is 3.87. The van der Waals surface area contributed by atoms with E-state index in [0.717, 1.165) is 12.8 Å². The molecule has 2 heterocycles. The molecular formula is C16H18Cl2N4O2. The van der Waals surface area contributed by atoms with E-state index in [0.29, 0.717) is 34.8 Å². The molecule has 0 bridgehead atoms. The third kappa shape index (κ3) is 4.01. The number of hydrogen-bond donors (Lipinski definition) is 2. The maximum Gasteiger partial charge on any atom is 0.320 e. The smallest absolute Gasteiger partial charge is 0.320 e. The van der Waals surface area contributed by atoms with Gasteiger partial charge >= 0.3 is 6.03 Å². The molecule has 24 heavy (non-hydrogen) atoms. The molecule has 0 spiro atoms. The number of carbonyl (C=O) groups is 1. The van der Waals surface area contributed by atoms with E-state index in [1.54, 1.807) is 35.1 Å². The number of carbonyl (C=O) groups excluding carboxylic acids is 1. The van der Waals surface area contributed by atoms with Crippen LogP contribution in [0.3, 0.4) is 0 Å². The van der Waals surface area contributed by atoms with Crippen molar-refractivity contribution in [3.63, 3.8) is 0 Å². The summed E-state index contributed by atoms with van der Waals surface area (Å²) in [6, 6.07) is 6.57. The van der Waals surface area contributed by atoms with Gasteiger partial charge in [0.2, 0.25) is 0 Å². The molecule has 6 nitrogen and oxygen atoms in total. The van der Waals surface area contributed by atoms with Crippen LogP contribution in [-0.4, -0.2) is 34.6 Å². The lowest BCUT2D eigenvalue weighted by molar-refractivity contribution is 0.0499. The first-order valence-corrected chi connectivity index (χ1v) is 8.39. The van der Waals surface area contributed by atoms with Crippen LogP contribution in [0.15, 0.2) is 30.5 Å². The van der Waals surface area contributed by atoms with Crippen LogP contribution in [0.5, 0.6) is 0 Å². The van der Waals surface area contributed by atoms with Gasteiger partial charge in [0, 0.05) is 36.0 Å². The lowest BCUT2D eigenvalue weighted by Crippen LogP contribution is -2.51. The minimum Gasteiger partial charge on any atom is -0.381 e.